The molecule has 0 radical (unpaired) electrons. The van der Waals surface area contributed by atoms with E-state index in [4.69, 9.17) is 0 Å². The summed E-state index contributed by atoms with van der Waals surface area (Å²) in [5.74, 6) is 0. The quantitative estimate of drug-likeness (QED) is 0.807. The second-order valence-electron chi connectivity index (χ2n) is 3.58. The van der Waals surface area contributed by atoms with E-state index >= 15 is 0 Å². The molecule has 0 aliphatic carbocycles. The molecule has 0 saturated heterocycles. The van der Waals surface area contributed by atoms with Crippen molar-refractivity contribution in [3.8, 4) is 5.69 Å². The van der Waals surface area contributed by atoms with Gasteiger partial charge in [-0.05, 0) is 31.5 Å². The van der Waals surface area contributed by atoms with Crippen LogP contribution in [0.2, 0.25) is 0 Å². The molecule has 0 aliphatic heterocycles. The van der Waals surface area contributed by atoms with Crippen molar-refractivity contribution in [2.45, 2.75) is 20.0 Å². The Kier molecular flexibility index (Phi) is 2.51. The summed E-state index contributed by atoms with van der Waals surface area (Å²) in [7, 11) is 0. The van der Waals surface area contributed by atoms with Gasteiger partial charge in [-0.3, -0.25) is 4.98 Å². The van der Waals surface area contributed by atoms with Crippen LogP contribution in [0.15, 0.2) is 30.7 Å². The average molecular weight is 203 g/mol. The van der Waals surface area contributed by atoms with E-state index in [0.29, 0.717) is 5.69 Å². The van der Waals surface area contributed by atoms with Crippen LogP contribution >= 0.6 is 0 Å². The minimum Gasteiger partial charge on any atom is -0.387 e. The Morgan fingerprint density at radius 2 is 2.13 bits per heavy atom. The number of nitrogens with zero attached hydrogens (tertiary/aromatic N) is 3. The van der Waals surface area contributed by atoms with Crippen molar-refractivity contribution < 1.29 is 5.11 Å². The summed E-state index contributed by atoms with van der Waals surface area (Å²) in [4.78, 5) is 4.15. The molecule has 4 heteroatoms. The molecule has 4 nitrogen and oxygen atoms in total. The molecule has 1 atom stereocenters. The molecule has 0 aliphatic rings. The van der Waals surface area contributed by atoms with E-state index in [1.165, 1.54) is 0 Å². The van der Waals surface area contributed by atoms with Gasteiger partial charge >= 0.3 is 0 Å². The van der Waals surface area contributed by atoms with Gasteiger partial charge < -0.3 is 5.11 Å². The number of rotatable bonds is 2. The fraction of sp³-hybridized carbons (Fsp3) is 0.273. The Morgan fingerprint density at radius 3 is 2.60 bits per heavy atom. The predicted octanol–water partition coefficient (Wildman–Crippen LogP) is 1.63. The summed E-state index contributed by atoms with van der Waals surface area (Å²) < 4.78 is 1.76. The van der Waals surface area contributed by atoms with Gasteiger partial charge in [-0.25, -0.2) is 4.68 Å². The van der Waals surface area contributed by atoms with Crippen LogP contribution in [-0.4, -0.2) is 19.9 Å². The summed E-state index contributed by atoms with van der Waals surface area (Å²) in [6.45, 7) is 3.68. The first-order valence-corrected chi connectivity index (χ1v) is 4.82. The second kappa shape index (κ2) is 3.82. The number of aryl methyl sites for hydroxylation is 1. The maximum atomic E-state index is 9.30. The molecule has 1 unspecified atom stereocenters. The predicted molar refractivity (Wildman–Crippen MR) is 56.7 cm³/mol. The van der Waals surface area contributed by atoms with Crippen LogP contribution in [0, 0.1) is 6.92 Å². The number of hydrogen-bond acceptors (Lipinski definition) is 3. The minimum absolute atomic E-state index is 0.529. The standard InChI is InChI=1S/C11H13N3O/c1-8-5-13-14(7-8)10-3-4-11(9(2)15)12-6-10/h3-7,9,15H,1-2H3. The van der Waals surface area contributed by atoms with Crippen molar-refractivity contribution in [1.82, 2.24) is 14.8 Å². The fourth-order valence-corrected chi connectivity index (χ4v) is 1.33. The second-order valence-corrected chi connectivity index (χ2v) is 3.58. The highest BCUT2D eigenvalue weighted by Crippen LogP contribution is 2.11. The van der Waals surface area contributed by atoms with Gasteiger partial charge in [0.05, 0.1) is 29.9 Å². The van der Waals surface area contributed by atoms with Gasteiger partial charge in [-0.15, -0.1) is 0 Å². The Hall–Kier alpha value is -1.68. The monoisotopic (exact) mass is 203 g/mol. The van der Waals surface area contributed by atoms with Gasteiger partial charge in [-0.1, -0.05) is 0 Å². The molecule has 0 bridgehead atoms. The highest BCUT2D eigenvalue weighted by Gasteiger charge is 2.03. The first-order chi connectivity index (χ1) is 7.16. The van der Waals surface area contributed by atoms with E-state index in [9.17, 15) is 5.11 Å². The maximum Gasteiger partial charge on any atom is 0.0931 e. The third-order valence-electron chi connectivity index (χ3n) is 2.18. The summed E-state index contributed by atoms with van der Waals surface area (Å²) in [5, 5.41) is 13.5. The molecule has 0 amide bonds. The van der Waals surface area contributed by atoms with E-state index in [1.807, 2.05) is 19.2 Å². The highest BCUT2D eigenvalue weighted by atomic mass is 16.3. The molecule has 78 valence electrons. The summed E-state index contributed by atoms with van der Waals surface area (Å²) in [5.41, 5.74) is 2.67. The molecule has 2 aromatic rings. The smallest absolute Gasteiger partial charge is 0.0931 e. The van der Waals surface area contributed by atoms with Gasteiger partial charge in [0.2, 0.25) is 0 Å². The third kappa shape index (κ3) is 2.05. The van der Waals surface area contributed by atoms with Crippen molar-refractivity contribution in [2.75, 3.05) is 0 Å². The van der Waals surface area contributed by atoms with Crippen LogP contribution in [0.3, 0.4) is 0 Å². The lowest BCUT2D eigenvalue weighted by Gasteiger charge is -2.04. The lowest BCUT2D eigenvalue weighted by molar-refractivity contribution is 0.194. The van der Waals surface area contributed by atoms with Crippen LogP contribution in [0.1, 0.15) is 24.3 Å². The Labute approximate surface area is 88.2 Å². The molecule has 0 saturated carbocycles. The number of aliphatic hydroxyl groups is 1. The van der Waals surface area contributed by atoms with Crippen LogP contribution < -0.4 is 0 Å². The van der Waals surface area contributed by atoms with Gasteiger partial charge in [0.15, 0.2) is 0 Å². The van der Waals surface area contributed by atoms with Crippen molar-refractivity contribution in [1.29, 1.82) is 0 Å². The fourth-order valence-electron chi connectivity index (χ4n) is 1.33. The van der Waals surface area contributed by atoms with E-state index < -0.39 is 6.10 Å². The maximum absolute atomic E-state index is 9.30. The van der Waals surface area contributed by atoms with E-state index in [0.717, 1.165) is 11.3 Å². The molecule has 0 spiro atoms. The zero-order valence-electron chi connectivity index (χ0n) is 8.75. The number of pyridine rings is 1. The number of aliphatic hydroxyl groups excluding tert-OH is 1. The van der Waals surface area contributed by atoms with Crippen molar-refractivity contribution in [2.24, 2.45) is 0 Å². The van der Waals surface area contributed by atoms with E-state index in [2.05, 4.69) is 10.1 Å². The zero-order chi connectivity index (χ0) is 10.8. The van der Waals surface area contributed by atoms with E-state index in [1.54, 1.807) is 30.1 Å². The normalized spacial score (nSPS) is 12.7. The zero-order valence-corrected chi connectivity index (χ0v) is 8.75. The van der Waals surface area contributed by atoms with Crippen LogP contribution in [0.5, 0.6) is 0 Å². The molecular formula is C11H13N3O. The molecule has 1 N–H and O–H groups in total. The van der Waals surface area contributed by atoms with Crippen molar-refractivity contribution in [3.05, 3.63) is 42.0 Å². The first kappa shape index (κ1) is 9.86. The van der Waals surface area contributed by atoms with Gasteiger partial charge in [0, 0.05) is 6.20 Å². The van der Waals surface area contributed by atoms with Gasteiger partial charge in [0.1, 0.15) is 0 Å². The van der Waals surface area contributed by atoms with Crippen molar-refractivity contribution in [3.63, 3.8) is 0 Å². The topological polar surface area (TPSA) is 50.9 Å². The minimum atomic E-state index is -0.529. The highest BCUT2D eigenvalue weighted by molar-refractivity contribution is 5.29. The molecule has 0 aromatic carbocycles. The molecule has 2 aromatic heterocycles. The SMILES string of the molecule is Cc1cnn(-c2ccc(C(C)O)nc2)c1. The molecule has 15 heavy (non-hydrogen) atoms. The third-order valence-corrected chi connectivity index (χ3v) is 2.18. The molecular weight excluding hydrogens is 190 g/mol. The largest absolute Gasteiger partial charge is 0.387 e. The first-order valence-electron chi connectivity index (χ1n) is 4.82. The molecule has 0 fully saturated rings. The summed E-state index contributed by atoms with van der Waals surface area (Å²) >= 11 is 0. The summed E-state index contributed by atoms with van der Waals surface area (Å²) in [6.07, 6.45) is 4.90. The van der Waals surface area contributed by atoms with Crippen LogP contribution in [0.25, 0.3) is 5.69 Å². The Morgan fingerprint density at radius 1 is 1.33 bits per heavy atom. The number of hydrogen-bond donors (Lipinski definition) is 1. The Bertz CT molecular complexity index is 445. The summed E-state index contributed by atoms with van der Waals surface area (Å²) in [6, 6.07) is 3.69. The lowest BCUT2D eigenvalue weighted by atomic mass is 10.2. The average Bonchev–Trinajstić information content (AvgIpc) is 2.65. The van der Waals surface area contributed by atoms with E-state index in [-0.39, 0.29) is 0 Å². The number of aromatic nitrogens is 3. The van der Waals surface area contributed by atoms with Gasteiger partial charge in [-0.2, -0.15) is 5.10 Å². The lowest BCUT2D eigenvalue weighted by Crippen LogP contribution is -1.99. The Balaban J connectivity index is 2.31. The van der Waals surface area contributed by atoms with Crippen LogP contribution in [-0.2, 0) is 0 Å². The molecule has 2 rings (SSSR count). The van der Waals surface area contributed by atoms with Gasteiger partial charge in [0.25, 0.3) is 0 Å². The van der Waals surface area contributed by atoms with Crippen molar-refractivity contribution >= 4 is 0 Å². The molecule has 2 heterocycles. The van der Waals surface area contributed by atoms with Crippen LogP contribution in [0.4, 0.5) is 0 Å².